The SMILES string of the molecule is Cc1nc(C#N)c2c3nc(C#N)nc(C#N)c3c3nc(C#N)nc(CC#N)c3c2n1. The van der Waals surface area contributed by atoms with Crippen LogP contribution in [0.25, 0.3) is 32.7 Å². The van der Waals surface area contributed by atoms with E-state index in [1.807, 2.05) is 24.3 Å². The van der Waals surface area contributed by atoms with Crippen LogP contribution < -0.4 is 0 Å². The van der Waals surface area contributed by atoms with E-state index in [-0.39, 0.29) is 68.3 Å². The third kappa shape index (κ3) is 2.47. The van der Waals surface area contributed by atoms with E-state index in [4.69, 9.17) is 0 Å². The number of nitrogens with zero attached hydrogens (tertiary/aromatic N) is 11. The summed E-state index contributed by atoms with van der Waals surface area (Å²) in [6, 6.07) is 9.49. The van der Waals surface area contributed by atoms with Gasteiger partial charge in [-0.2, -0.15) is 26.3 Å². The molecule has 136 valence electrons. The molecule has 0 spiro atoms. The van der Waals surface area contributed by atoms with Crippen LogP contribution in [0.15, 0.2) is 0 Å². The van der Waals surface area contributed by atoms with Gasteiger partial charge >= 0.3 is 0 Å². The Bertz CT molecular complexity index is 1630. The van der Waals surface area contributed by atoms with Crippen LogP contribution in [0, 0.1) is 63.6 Å². The highest BCUT2D eigenvalue weighted by atomic mass is 14.9. The smallest absolute Gasteiger partial charge is 0.232 e. The van der Waals surface area contributed by atoms with Gasteiger partial charge in [0, 0.05) is 0 Å². The summed E-state index contributed by atoms with van der Waals surface area (Å²) in [5.74, 6) is -0.217. The van der Waals surface area contributed by atoms with Crippen molar-refractivity contribution in [1.29, 1.82) is 26.3 Å². The zero-order valence-electron chi connectivity index (χ0n) is 15.1. The molecular formula is C19H5N11. The van der Waals surface area contributed by atoms with E-state index in [0.29, 0.717) is 5.39 Å². The van der Waals surface area contributed by atoms with Gasteiger partial charge in [0.25, 0.3) is 0 Å². The lowest BCUT2D eigenvalue weighted by Crippen LogP contribution is -2.06. The second-order valence-electron chi connectivity index (χ2n) is 5.96. The number of nitriles is 5. The minimum absolute atomic E-state index is 0.0249. The average Bonchev–Trinajstić information content (AvgIpc) is 2.77. The van der Waals surface area contributed by atoms with Crippen LogP contribution >= 0.6 is 0 Å². The molecule has 0 N–H and O–H groups in total. The topological polar surface area (TPSA) is 196 Å². The summed E-state index contributed by atoms with van der Waals surface area (Å²) < 4.78 is 0. The van der Waals surface area contributed by atoms with E-state index in [0.717, 1.165) is 0 Å². The van der Waals surface area contributed by atoms with E-state index in [9.17, 15) is 26.3 Å². The van der Waals surface area contributed by atoms with Crippen molar-refractivity contribution >= 4 is 32.7 Å². The molecular weight excluding hydrogens is 382 g/mol. The van der Waals surface area contributed by atoms with E-state index in [1.165, 1.54) is 0 Å². The van der Waals surface area contributed by atoms with Gasteiger partial charge in [-0.25, -0.2) is 29.9 Å². The van der Waals surface area contributed by atoms with Crippen molar-refractivity contribution in [2.24, 2.45) is 0 Å². The lowest BCUT2D eigenvalue weighted by Gasteiger charge is -2.12. The van der Waals surface area contributed by atoms with E-state index < -0.39 is 0 Å². The Morgan fingerprint density at radius 2 is 1.13 bits per heavy atom. The molecule has 0 fully saturated rings. The number of aryl methyl sites for hydroxylation is 1. The molecule has 0 aliphatic rings. The number of rotatable bonds is 1. The highest BCUT2D eigenvalue weighted by Gasteiger charge is 2.24. The molecule has 4 aromatic rings. The largest absolute Gasteiger partial charge is 0.234 e. The third-order valence-corrected chi connectivity index (χ3v) is 4.28. The normalized spacial score (nSPS) is 10.1. The standard InChI is InChI=1S/C19H5N11/c1-8-25-10(4-21)15-17(26-8)14-9(2-3-20)27-12(6-23)29-18(14)16-11(5-22)28-13(7-24)30-19(15)16/h2H2,1H3. The number of hydrogen-bond acceptors (Lipinski definition) is 11. The van der Waals surface area contributed by atoms with Gasteiger partial charge in [-0.1, -0.05) is 0 Å². The summed E-state index contributed by atoms with van der Waals surface area (Å²) in [6.45, 7) is 1.59. The summed E-state index contributed by atoms with van der Waals surface area (Å²) in [4.78, 5) is 25.0. The zero-order chi connectivity index (χ0) is 21.4. The van der Waals surface area contributed by atoms with Crippen LogP contribution in [0.3, 0.4) is 0 Å². The lowest BCUT2D eigenvalue weighted by molar-refractivity contribution is 1.05. The second-order valence-corrected chi connectivity index (χ2v) is 5.96. The van der Waals surface area contributed by atoms with Crippen LogP contribution in [0.4, 0.5) is 0 Å². The molecule has 0 aliphatic heterocycles. The molecule has 11 nitrogen and oxygen atoms in total. The van der Waals surface area contributed by atoms with Gasteiger partial charge in [-0.3, -0.25) is 0 Å². The summed E-state index contributed by atoms with van der Waals surface area (Å²) in [5.41, 5.74) is 0.477. The van der Waals surface area contributed by atoms with Gasteiger partial charge in [0.15, 0.2) is 11.4 Å². The Morgan fingerprint density at radius 1 is 0.600 bits per heavy atom. The Hall–Kier alpha value is -5.31. The fourth-order valence-electron chi connectivity index (χ4n) is 3.25. The molecule has 0 saturated carbocycles. The first-order valence-electron chi connectivity index (χ1n) is 8.26. The molecule has 3 heterocycles. The Balaban J connectivity index is 2.51. The van der Waals surface area contributed by atoms with Crippen molar-refractivity contribution in [2.75, 3.05) is 0 Å². The molecule has 4 rings (SSSR count). The summed E-state index contributed by atoms with van der Waals surface area (Å²) in [5, 5.41) is 47.8. The Labute approximate surface area is 167 Å². The fourth-order valence-corrected chi connectivity index (χ4v) is 3.25. The van der Waals surface area contributed by atoms with Gasteiger partial charge in [0.1, 0.15) is 30.1 Å². The molecule has 0 atom stereocenters. The predicted molar refractivity (Wildman–Crippen MR) is 98.6 cm³/mol. The monoisotopic (exact) mass is 387 g/mol. The maximum absolute atomic E-state index is 9.66. The van der Waals surface area contributed by atoms with Gasteiger partial charge < -0.3 is 0 Å². The van der Waals surface area contributed by atoms with E-state index in [1.54, 1.807) is 13.0 Å². The van der Waals surface area contributed by atoms with Gasteiger partial charge in [0.05, 0.1) is 50.9 Å². The summed E-state index contributed by atoms with van der Waals surface area (Å²) >= 11 is 0. The van der Waals surface area contributed by atoms with Gasteiger partial charge in [0.2, 0.25) is 11.6 Å². The van der Waals surface area contributed by atoms with Crippen molar-refractivity contribution in [2.45, 2.75) is 13.3 Å². The summed E-state index contributed by atoms with van der Waals surface area (Å²) in [7, 11) is 0. The Kier molecular flexibility index (Phi) is 4.03. The number of aromatic nitrogens is 6. The summed E-state index contributed by atoms with van der Waals surface area (Å²) in [6.07, 6.45) is -0.168. The minimum atomic E-state index is -0.282. The van der Waals surface area contributed by atoms with E-state index in [2.05, 4.69) is 29.9 Å². The van der Waals surface area contributed by atoms with Crippen LogP contribution in [0.2, 0.25) is 0 Å². The van der Waals surface area contributed by atoms with Crippen molar-refractivity contribution in [3.63, 3.8) is 0 Å². The van der Waals surface area contributed by atoms with Crippen LogP contribution in [0.1, 0.15) is 34.6 Å². The molecule has 11 heteroatoms. The molecule has 3 aromatic heterocycles. The van der Waals surface area contributed by atoms with Gasteiger partial charge in [-0.05, 0) is 6.92 Å². The number of benzene rings is 1. The number of fused-ring (bicyclic) bond motifs is 6. The lowest BCUT2D eigenvalue weighted by atomic mass is 9.99. The first-order valence-corrected chi connectivity index (χ1v) is 8.26. The predicted octanol–water partition coefficient (Wildman–Crippen LogP) is 1.38. The molecule has 30 heavy (non-hydrogen) atoms. The quantitative estimate of drug-likeness (QED) is 0.427. The first kappa shape index (κ1) is 18.1. The van der Waals surface area contributed by atoms with Crippen LogP contribution in [-0.2, 0) is 6.42 Å². The Morgan fingerprint density at radius 3 is 1.70 bits per heavy atom. The maximum atomic E-state index is 9.66. The fraction of sp³-hybridized carbons (Fsp3) is 0.105. The van der Waals surface area contributed by atoms with Crippen molar-refractivity contribution in [3.05, 3.63) is 34.6 Å². The van der Waals surface area contributed by atoms with Crippen molar-refractivity contribution in [1.82, 2.24) is 29.9 Å². The van der Waals surface area contributed by atoms with Crippen molar-refractivity contribution in [3.8, 4) is 30.3 Å². The van der Waals surface area contributed by atoms with Crippen molar-refractivity contribution < 1.29 is 0 Å². The minimum Gasteiger partial charge on any atom is -0.232 e. The molecule has 1 aromatic carbocycles. The zero-order valence-corrected chi connectivity index (χ0v) is 15.1. The maximum Gasteiger partial charge on any atom is 0.234 e. The van der Waals surface area contributed by atoms with Crippen LogP contribution in [0.5, 0.6) is 0 Å². The van der Waals surface area contributed by atoms with E-state index >= 15 is 0 Å². The van der Waals surface area contributed by atoms with Crippen LogP contribution in [-0.4, -0.2) is 29.9 Å². The highest BCUT2D eigenvalue weighted by Crippen LogP contribution is 2.36. The molecule has 0 radical (unpaired) electrons. The average molecular weight is 387 g/mol. The number of hydrogen-bond donors (Lipinski definition) is 0. The molecule has 0 aliphatic carbocycles. The first-order chi connectivity index (χ1) is 14.6. The molecule has 0 amide bonds. The molecule has 0 saturated heterocycles. The van der Waals surface area contributed by atoms with Gasteiger partial charge in [-0.15, -0.1) is 0 Å². The second kappa shape index (κ2) is 6.69. The highest BCUT2D eigenvalue weighted by molar-refractivity contribution is 6.24. The molecule has 0 bridgehead atoms. The molecule has 0 unspecified atom stereocenters. The third-order valence-electron chi connectivity index (χ3n) is 4.28.